The van der Waals surface area contributed by atoms with Crippen molar-refractivity contribution in [2.24, 2.45) is 0 Å². The zero-order valence-electron chi connectivity index (χ0n) is 18.3. The summed E-state index contributed by atoms with van der Waals surface area (Å²) in [5, 5.41) is 3.38. The smallest absolute Gasteiger partial charge is 0.264 e. The summed E-state index contributed by atoms with van der Waals surface area (Å²) in [6.45, 7) is 2.02. The SMILES string of the molecule is CCOc1ccccc1N(CC(=O)NCc1ccc(Cl)cc1)S(=O)(=O)c1ccc(SC)cc1. The Morgan fingerprint density at radius 3 is 2.33 bits per heavy atom. The highest BCUT2D eigenvalue weighted by Crippen LogP contribution is 2.32. The number of rotatable bonds is 10. The summed E-state index contributed by atoms with van der Waals surface area (Å²) in [6.07, 6.45) is 1.92. The summed E-state index contributed by atoms with van der Waals surface area (Å²) in [6, 6.07) is 20.4. The molecule has 1 N–H and O–H groups in total. The lowest BCUT2D eigenvalue weighted by molar-refractivity contribution is -0.119. The third-order valence-electron chi connectivity index (χ3n) is 4.77. The maximum atomic E-state index is 13.6. The van der Waals surface area contributed by atoms with Crippen molar-refractivity contribution in [2.45, 2.75) is 23.3 Å². The topological polar surface area (TPSA) is 75.7 Å². The number of carbonyl (C=O) groups excluding carboxylic acids is 1. The quantitative estimate of drug-likeness (QED) is 0.394. The van der Waals surface area contributed by atoms with Crippen LogP contribution in [0.5, 0.6) is 5.75 Å². The molecule has 0 heterocycles. The molecule has 3 aromatic rings. The molecule has 33 heavy (non-hydrogen) atoms. The van der Waals surface area contributed by atoms with Crippen LogP contribution in [0.2, 0.25) is 5.02 Å². The number of nitrogens with zero attached hydrogens (tertiary/aromatic N) is 1. The van der Waals surface area contributed by atoms with Gasteiger partial charge in [0.25, 0.3) is 10.0 Å². The zero-order valence-corrected chi connectivity index (χ0v) is 20.7. The van der Waals surface area contributed by atoms with E-state index in [1.54, 1.807) is 72.8 Å². The summed E-state index contributed by atoms with van der Waals surface area (Å²) in [4.78, 5) is 13.9. The van der Waals surface area contributed by atoms with Gasteiger partial charge in [-0.25, -0.2) is 8.42 Å². The third-order valence-corrected chi connectivity index (χ3v) is 7.54. The van der Waals surface area contributed by atoms with E-state index in [0.717, 1.165) is 14.8 Å². The summed E-state index contributed by atoms with van der Waals surface area (Å²) in [7, 11) is -4.04. The van der Waals surface area contributed by atoms with Gasteiger partial charge >= 0.3 is 0 Å². The molecule has 0 fully saturated rings. The van der Waals surface area contributed by atoms with E-state index in [1.807, 2.05) is 13.2 Å². The zero-order chi connectivity index (χ0) is 23.8. The van der Waals surface area contributed by atoms with Gasteiger partial charge in [0, 0.05) is 16.5 Å². The molecule has 0 atom stereocenters. The predicted molar refractivity (Wildman–Crippen MR) is 134 cm³/mol. The van der Waals surface area contributed by atoms with Crippen molar-refractivity contribution in [3.05, 3.63) is 83.4 Å². The summed E-state index contributed by atoms with van der Waals surface area (Å²) >= 11 is 7.42. The van der Waals surface area contributed by atoms with Crippen molar-refractivity contribution in [1.82, 2.24) is 5.32 Å². The molecule has 0 aliphatic rings. The standard InChI is InChI=1S/C24H25ClN2O4S2/c1-3-31-23-7-5-4-6-22(23)27(33(29,30)21-14-12-20(32-2)13-15-21)17-24(28)26-16-18-8-10-19(25)11-9-18/h4-15H,3,16-17H2,1-2H3,(H,26,28). The first kappa shape index (κ1) is 25.0. The number of anilines is 1. The summed E-state index contributed by atoms with van der Waals surface area (Å²) in [5.74, 6) is -0.0598. The number of ether oxygens (including phenoxy) is 1. The molecule has 0 bridgehead atoms. The molecule has 0 spiro atoms. The molecule has 1 amide bonds. The van der Waals surface area contributed by atoms with Crippen LogP contribution < -0.4 is 14.4 Å². The van der Waals surface area contributed by atoms with E-state index in [2.05, 4.69) is 5.32 Å². The number of thioether (sulfide) groups is 1. The van der Waals surface area contributed by atoms with Crippen LogP contribution in [0.25, 0.3) is 0 Å². The Bertz CT molecular complexity index is 1180. The van der Waals surface area contributed by atoms with Gasteiger partial charge in [0.15, 0.2) is 0 Å². The van der Waals surface area contributed by atoms with Crippen LogP contribution in [0, 0.1) is 0 Å². The van der Waals surface area contributed by atoms with Crippen LogP contribution in [0.1, 0.15) is 12.5 Å². The average molecular weight is 505 g/mol. The second kappa shape index (κ2) is 11.4. The fourth-order valence-electron chi connectivity index (χ4n) is 3.10. The van der Waals surface area contributed by atoms with E-state index in [4.69, 9.17) is 16.3 Å². The second-order valence-corrected chi connectivity index (χ2v) is 10.2. The highest BCUT2D eigenvalue weighted by atomic mass is 35.5. The monoisotopic (exact) mass is 504 g/mol. The van der Waals surface area contributed by atoms with Crippen LogP contribution in [-0.2, 0) is 21.4 Å². The molecule has 0 saturated heterocycles. The van der Waals surface area contributed by atoms with Gasteiger partial charge in [-0.3, -0.25) is 9.10 Å². The number of carbonyl (C=O) groups is 1. The van der Waals surface area contributed by atoms with E-state index in [-0.39, 0.29) is 11.4 Å². The first-order chi connectivity index (χ1) is 15.8. The number of hydrogen-bond acceptors (Lipinski definition) is 5. The highest BCUT2D eigenvalue weighted by molar-refractivity contribution is 7.98. The number of hydrogen-bond donors (Lipinski definition) is 1. The number of para-hydroxylation sites is 2. The molecule has 3 rings (SSSR count). The largest absolute Gasteiger partial charge is 0.492 e. The molecule has 0 aliphatic carbocycles. The lowest BCUT2D eigenvalue weighted by atomic mass is 10.2. The molecule has 6 nitrogen and oxygen atoms in total. The second-order valence-electron chi connectivity index (χ2n) is 6.99. The molecule has 0 aromatic heterocycles. The fourth-order valence-corrected chi connectivity index (χ4v) is 5.07. The fraction of sp³-hybridized carbons (Fsp3) is 0.208. The Balaban J connectivity index is 1.91. The summed E-state index contributed by atoms with van der Waals surface area (Å²) < 4.78 is 34.0. The Kier molecular flexibility index (Phi) is 8.66. The van der Waals surface area contributed by atoms with E-state index >= 15 is 0 Å². The minimum absolute atomic E-state index is 0.0945. The number of sulfonamides is 1. The first-order valence-electron chi connectivity index (χ1n) is 10.2. The number of halogens is 1. The van der Waals surface area contributed by atoms with Gasteiger partial charge < -0.3 is 10.1 Å². The van der Waals surface area contributed by atoms with Gasteiger partial charge in [0.05, 0.1) is 17.2 Å². The molecular formula is C24H25ClN2O4S2. The molecule has 0 saturated carbocycles. The van der Waals surface area contributed by atoms with Gasteiger partial charge in [-0.2, -0.15) is 0 Å². The highest BCUT2D eigenvalue weighted by Gasteiger charge is 2.29. The lowest BCUT2D eigenvalue weighted by Gasteiger charge is -2.26. The molecule has 3 aromatic carbocycles. The van der Waals surface area contributed by atoms with Crippen molar-refractivity contribution in [3.63, 3.8) is 0 Å². The first-order valence-corrected chi connectivity index (χ1v) is 13.3. The lowest BCUT2D eigenvalue weighted by Crippen LogP contribution is -2.40. The van der Waals surface area contributed by atoms with Crippen molar-refractivity contribution in [2.75, 3.05) is 23.7 Å². The number of benzene rings is 3. The van der Waals surface area contributed by atoms with Crippen LogP contribution in [0.4, 0.5) is 5.69 Å². The van der Waals surface area contributed by atoms with Crippen molar-refractivity contribution < 1.29 is 17.9 Å². The normalized spacial score (nSPS) is 11.1. The Labute approximate surface area is 204 Å². The predicted octanol–water partition coefficient (Wildman–Crippen LogP) is 4.97. The van der Waals surface area contributed by atoms with Gasteiger partial charge in [0.1, 0.15) is 12.3 Å². The third kappa shape index (κ3) is 6.43. The van der Waals surface area contributed by atoms with Crippen molar-refractivity contribution in [3.8, 4) is 5.75 Å². The maximum absolute atomic E-state index is 13.6. The Morgan fingerprint density at radius 2 is 1.70 bits per heavy atom. The molecule has 9 heteroatoms. The van der Waals surface area contributed by atoms with Gasteiger partial charge in [-0.05, 0) is 67.3 Å². The van der Waals surface area contributed by atoms with Crippen molar-refractivity contribution in [1.29, 1.82) is 0 Å². The average Bonchev–Trinajstić information content (AvgIpc) is 2.83. The summed E-state index contributed by atoms with van der Waals surface area (Å²) in [5.41, 5.74) is 1.15. The maximum Gasteiger partial charge on any atom is 0.264 e. The van der Waals surface area contributed by atoms with Gasteiger partial charge in [-0.15, -0.1) is 11.8 Å². The van der Waals surface area contributed by atoms with E-state index in [1.165, 1.54) is 11.8 Å². The molecule has 174 valence electrons. The Morgan fingerprint density at radius 1 is 1.03 bits per heavy atom. The van der Waals surface area contributed by atoms with E-state index < -0.39 is 22.5 Å². The van der Waals surface area contributed by atoms with Crippen molar-refractivity contribution >= 4 is 45.0 Å². The van der Waals surface area contributed by atoms with Gasteiger partial charge in [-0.1, -0.05) is 35.9 Å². The molecular weight excluding hydrogens is 480 g/mol. The number of amides is 1. The minimum Gasteiger partial charge on any atom is -0.492 e. The Hall–Kier alpha value is -2.68. The van der Waals surface area contributed by atoms with E-state index in [0.29, 0.717) is 23.1 Å². The van der Waals surface area contributed by atoms with Crippen LogP contribution in [0.15, 0.2) is 82.6 Å². The van der Waals surface area contributed by atoms with Crippen LogP contribution in [-0.4, -0.2) is 33.7 Å². The number of nitrogens with one attached hydrogen (secondary N) is 1. The molecule has 0 unspecified atom stereocenters. The van der Waals surface area contributed by atoms with E-state index in [9.17, 15) is 13.2 Å². The van der Waals surface area contributed by atoms with Crippen LogP contribution in [0.3, 0.4) is 0 Å². The molecule has 0 radical (unpaired) electrons. The minimum atomic E-state index is -4.04. The molecule has 0 aliphatic heterocycles. The van der Waals surface area contributed by atoms with Crippen LogP contribution >= 0.6 is 23.4 Å². The van der Waals surface area contributed by atoms with Gasteiger partial charge in [0.2, 0.25) is 5.91 Å².